The van der Waals surface area contributed by atoms with Crippen LogP contribution in [0.5, 0.6) is 0 Å². The molecule has 1 unspecified atom stereocenters. The van der Waals surface area contributed by atoms with E-state index in [0.29, 0.717) is 11.9 Å². The van der Waals surface area contributed by atoms with Crippen LogP contribution in [0.4, 0.5) is 0 Å². The Morgan fingerprint density at radius 1 is 1.47 bits per heavy atom. The first-order valence-corrected chi connectivity index (χ1v) is 5.85. The van der Waals surface area contributed by atoms with Crippen LogP contribution in [-0.4, -0.2) is 28.1 Å². The lowest BCUT2D eigenvalue weighted by atomic mass is 10.2. The van der Waals surface area contributed by atoms with Crippen molar-refractivity contribution in [2.24, 2.45) is 16.8 Å². The zero-order chi connectivity index (χ0) is 12.7. The summed E-state index contributed by atoms with van der Waals surface area (Å²) < 4.78 is 2.01. The lowest BCUT2D eigenvalue weighted by molar-refractivity contribution is 0.536. The molecule has 17 heavy (non-hydrogen) atoms. The standard InChI is InChI=1S/C11H22N6/c1-9(2)6-14-11(16-12)15-10(3)7-17-5-4-13-8-17/h4-5,8-10H,6-7,12H2,1-3H3,(H2,14,15,16). The van der Waals surface area contributed by atoms with Crippen molar-refractivity contribution in [1.82, 2.24) is 20.3 Å². The summed E-state index contributed by atoms with van der Waals surface area (Å²) in [6.07, 6.45) is 5.49. The van der Waals surface area contributed by atoms with Gasteiger partial charge < -0.3 is 9.88 Å². The predicted molar refractivity (Wildman–Crippen MR) is 69.3 cm³/mol. The zero-order valence-electron chi connectivity index (χ0n) is 10.7. The molecule has 4 N–H and O–H groups in total. The minimum absolute atomic E-state index is 0.228. The fourth-order valence-corrected chi connectivity index (χ4v) is 1.40. The lowest BCUT2D eigenvalue weighted by Gasteiger charge is -2.17. The molecule has 96 valence electrons. The second-order valence-corrected chi connectivity index (χ2v) is 4.53. The van der Waals surface area contributed by atoms with E-state index in [4.69, 9.17) is 5.84 Å². The van der Waals surface area contributed by atoms with Gasteiger partial charge in [0.2, 0.25) is 5.96 Å². The van der Waals surface area contributed by atoms with E-state index >= 15 is 0 Å². The van der Waals surface area contributed by atoms with Crippen molar-refractivity contribution in [3.63, 3.8) is 0 Å². The van der Waals surface area contributed by atoms with Crippen LogP contribution in [0.3, 0.4) is 0 Å². The van der Waals surface area contributed by atoms with Gasteiger partial charge in [-0.2, -0.15) is 0 Å². The third kappa shape index (κ3) is 5.35. The number of guanidine groups is 1. The average Bonchev–Trinajstić information content (AvgIpc) is 2.76. The number of hydrogen-bond donors (Lipinski definition) is 3. The van der Waals surface area contributed by atoms with Crippen LogP contribution in [0, 0.1) is 5.92 Å². The Morgan fingerprint density at radius 2 is 2.24 bits per heavy atom. The molecule has 1 atom stereocenters. The SMILES string of the molecule is CC(C)CN=C(NN)NC(C)Cn1ccnc1. The Balaban J connectivity index is 2.42. The molecule has 1 rings (SSSR count). The molecule has 0 aliphatic rings. The number of hydrogen-bond acceptors (Lipinski definition) is 3. The van der Waals surface area contributed by atoms with Gasteiger partial charge in [-0.15, -0.1) is 0 Å². The summed E-state index contributed by atoms with van der Waals surface area (Å²) in [4.78, 5) is 8.35. The molecule has 0 aliphatic heterocycles. The second-order valence-electron chi connectivity index (χ2n) is 4.53. The Kier molecular flexibility index (Phi) is 5.48. The van der Waals surface area contributed by atoms with Crippen molar-refractivity contribution in [2.45, 2.75) is 33.4 Å². The molecule has 0 aromatic carbocycles. The van der Waals surface area contributed by atoms with Gasteiger partial charge in [-0.3, -0.25) is 10.4 Å². The number of hydrazine groups is 1. The summed E-state index contributed by atoms with van der Waals surface area (Å²) in [6, 6.07) is 0.228. The molecule has 0 saturated carbocycles. The smallest absolute Gasteiger partial charge is 0.206 e. The van der Waals surface area contributed by atoms with Crippen LogP contribution in [0.25, 0.3) is 0 Å². The van der Waals surface area contributed by atoms with Crippen LogP contribution >= 0.6 is 0 Å². The monoisotopic (exact) mass is 238 g/mol. The van der Waals surface area contributed by atoms with E-state index < -0.39 is 0 Å². The molecule has 0 aliphatic carbocycles. The summed E-state index contributed by atoms with van der Waals surface area (Å²) >= 11 is 0. The van der Waals surface area contributed by atoms with E-state index in [1.54, 1.807) is 12.5 Å². The first kappa shape index (κ1) is 13.5. The highest BCUT2D eigenvalue weighted by Crippen LogP contribution is 1.93. The lowest BCUT2D eigenvalue weighted by Crippen LogP contribution is -2.46. The number of nitrogens with zero attached hydrogens (tertiary/aromatic N) is 3. The molecule has 1 aromatic heterocycles. The molecule has 0 amide bonds. The topological polar surface area (TPSA) is 80.3 Å². The third-order valence-electron chi connectivity index (χ3n) is 2.18. The Bertz CT molecular complexity index is 330. The summed E-state index contributed by atoms with van der Waals surface area (Å²) in [6.45, 7) is 7.88. The maximum absolute atomic E-state index is 5.42. The van der Waals surface area contributed by atoms with E-state index in [-0.39, 0.29) is 6.04 Å². The van der Waals surface area contributed by atoms with Gasteiger partial charge >= 0.3 is 0 Å². The fourth-order valence-electron chi connectivity index (χ4n) is 1.40. The maximum Gasteiger partial charge on any atom is 0.206 e. The highest BCUT2D eigenvalue weighted by atomic mass is 15.3. The van der Waals surface area contributed by atoms with Crippen LogP contribution < -0.4 is 16.6 Å². The van der Waals surface area contributed by atoms with Crippen molar-refractivity contribution >= 4 is 5.96 Å². The van der Waals surface area contributed by atoms with E-state index in [0.717, 1.165) is 13.1 Å². The number of aliphatic imine (C=N–C) groups is 1. The Labute approximate surface area is 102 Å². The van der Waals surface area contributed by atoms with Gasteiger partial charge in [-0.25, -0.2) is 10.8 Å². The maximum atomic E-state index is 5.42. The summed E-state index contributed by atoms with van der Waals surface area (Å²) in [5, 5.41) is 3.23. The summed E-state index contributed by atoms with van der Waals surface area (Å²) in [5.74, 6) is 6.57. The molecule has 0 radical (unpaired) electrons. The van der Waals surface area contributed by atoms with Crippen molar-refractivity contribution in [2.75, 3.05) is 6.54 Å². The summed E-state index contributed by atoms with van der Waals surface area (Å²) in [5.41, 5.74) is 2.58. The van der Waals surface area contributed by atoms with Crippen LogP contribution in [-0.2, 0) is 6.54 Å². The molecular formula is C11H22N6. The molecule has 0 fully saturated rings. The van der Waals surface area contributed by atoms with Gasteiger partial charge in [-0.1, -0.05) is 13.8 Å². The minimum Gasteiger partial charge on any atom is -0.351 e. The fraction of sp³-hybridized carbons (Fsp3) is 0.636. The second kappa shape index (κ2) is 6.90. The van der Waals surface area contributed by atoms with Crippen molar-refractivity contribution in [3.05, 3.63) is 18.7 Å². The van der Waals surface area contributed by atoms with E-state index in [1.165, 1.54) is 0 Å². The Morgan fingerprint density at radius 3 is 2.76 bits per heavy atom. The number of nitrogens with two attached hydrogens (primary N) is 1. The predicted octanol–water partition coefficient (Wildman–Crippen LogP) is 0.337. The van der Waals surface area contributed by atoms with Crippen LogP contribution in [0.15, 0.2) is 23.7 Å². The van der Waals surface area contributed by atoms with Gasteiger partial charge in [0.25, 0.3) is 0 Å². The largest absolute Gasteiger partial charge is 0.351 e. The normalized spacial score (nSPS) is 13.8. The van der Waals surface area contributed by atoms with E-state index in [1.807, 2.05) is 10.8 Å². The van der Waals surface area contributed by atoms with Crippen molar-refractivity contribution in [3.8, 4) is 0 Å². The van der Waals surface area contributed by atoms with Gasteiger partial charge in [0, 0.05) is 31.5 Å². The van der Waals surface area contributed by atoms with Gasteiger partial charge in [0.15, 0.2) is 0 Å². The molecule has 0 saturated heterocycles. The van der Waals surface area contributed by atoms with Gasteiger partial charge in [0.1, 0.15) is 0 Å². The molecule has 6 nitrogen and oxygen atoms in total. The number of aromatic nitrogens is 2. The first-order valence-electron chi connectivity index (χ1n) is 5.85. The third-order valence-corrected chi connectivity index (χ3v) is 2.18. The van der Waals surface area contributed by atoms with Gasteiger partial charge in [0.05, 0.1) is 6.33 Å². The van der Waals surface area contributed by atoms with E-state index in [2.05, 4.69) is 41.5 Å². The number of rotatable bonds is 5. The zero-order valence-corrected chi connectivity index (χ0v) is 10.7. The highest BCUT2D eigenvalue weighted by molar-refractivity contribution is 5.79. The van der Waals surface area contributed by atoms with Crippen molar-refractivity contribution in [1.29, 1.82) is 0 Å². The Hall–Kier alpha value is -1.56. The van der Waals surface area contributed by atoms with Crippen LogP contribution in [0.2, 0.25) is 0 Å². The van der Waals surface area contributed by atoms with Crippen LogP contribution in [0.1, 0.15) is 20.8 Å². The van der Waals surface area contributed by atoms with E-state index in [9.17, 15) is 0 Å². The molecular weight excluding hydrogens is 216 g/mol. The quantitative estimate of drug-likeness (QED) is 0.299. The minimum atomic E-state index is 0.228. The molecule has 0 spiro atoms. The number of nitrogens with one attached hydrogen (secondary N) is 2. The molecule has 6 heteroatoms. The molecule has 1 heterocycles. The van der Waals surface area contributed by atoms with Gasteiger partial charge in [-0.05, 0) is 12.8 Å². The highest BCUT2D eigenvalue weighted by Gasteiger charge is 2.05. The molecule has 1 aromatic rings. The number of imidazole rings is 1. The van der Waals surface area contributed by atoms with Crippen molar-refractivity contribution < 1.29 is 0 Å². The summed E-state index contributed by atoms with van der Waals surface area (Å²) in [7, 11) is 0. The first-order chi connectivity index (χ1) is 8.11. The average molecular weight is 238 g/mol. The molecule has 0 bridgehead atoms.